The fourth-order valence-electron chi connectivity index (χ4n) is 1.42. The maximum atomic E-state index is 11.2. The van der Waals surface area contributed by atoms with Gasteiger partial charge in [0.2, 0.25) is 5.91 Å². The molecule has 86 valence electrons. The molecule has 0 aromatic carbocycles. The Bertz CT molecular complexity index is 200. The highest BCUT2D eigenvalue weighted by atomic mass is 16.2. The van der Waals surface area contributed by atoms with Crippen molar-refractivity contribution in [3.63, 3.8) is 0 Å². The fourth-order valence-corrected chi connectivity index (χ4v) is 1.42. The molecule has 3 heteroatoms. The topological polar surface area (TPSA) is 41.1 Å². The van der Waals surface area contributed by atoms with Gasteiger partial charge in [-0.1, -0.05) is 12.5 Å². The second-order valence-corrected chi connectivity index (χ2v) is 4.16. The van der Waals surface area contributed by atoms with E-state index >= 15 is 0 Å². The molecular formula is C12H22N2O. The third kappa shape index (κ3) is 7.14. The lowest BCUT2D eigenvalue weighted by atomic mass is 10.2. The van der Waals surface area contributed by atoms with Gasteiger partial charge in [0.25, 0.3) is 0 Å². The first kappa shape index (κ1) is 12.2. The van der Waals surface area contributed by atoms with Crippen molar-refractivity contribution in [1.29, 1.82) is 0 Å². The van der Waals surface area contributed by atoms with E-state index in [1.807, 2.05) is 6.08 Å². The molecule has 0 aromatic heterocycles. The number of carbonyl (C=O) groups is 1. The number of rotatable bonds is 9. The van der Waals surface area contributed by atoms with Gasteiger partial charge in [-0.2, -0.15) is 0 Å². The minimum atomic E-state index is 0.142. The monoisotopic (exact) mass is 210 g/mol. The summed E-state index contributed by atoms with van der Waals surface area (Å²) in [4.78, 5) is 11.2. The molecule has 1 fully saturated rings. The van der Waals surface area contributed by atoms with E-state index in [9.17, 15) is 4.79 Å². The molecule has 0 aliphatic heterocycles. The zero-order valence-electron chi connectivity index (χ0n) is 9.43. The van der Waals surface area contributed by atoms with E-state index in [4.69, 9.17) is 0 Å². The molecule has 0 radical (unpaired) electrons. The van der Waals surface area contributed by atoms with Crippen LogP contribution in [0.15, 0.2) is 12.7 Å². The second-order valence-electron chi connectivity index (χ2n) is 4.16. The summed E-state index contributed by atoms with van der Waals surface area (Å²) in [5.41, 5.74) is 0. The number of nitrogens with one attached hydrogen (secondary N) is 2. The summed E-state index contributed by atoms with van der Waals surface area (Å²) in [6, 6.07) is 0.479. The molecule has 0 spiro atoms. The van der Waals surface area contributed by atoms with Crippen LogP contribution in [0.4, 0.5) is 0 Å². The lowest BCUT2D eigenvalue weighted by molar-refractivity contribution is -0.120. The predicted molar refractivity (Wildman–Crippen MR) is 62.7 cm³/mol. The average molecular weight is 210 g/mol. The van der Waals surface area contributed by atoms with Crippen molar-refractivity contribution in [1.82, 2.24) is 10.6 Å². The van der Waals surface area contributed by atoms with Crippen molar-refractivity contribution < 1.29 is 4.79 Å². The van der Waals surface area contributed by atoms with Crippen molar-refractivity contribution in [2.45, 2.75) is 44.6 Å². The van der Waals surface area contributed by atoms with Gasteiger partial charge in [0.1, 0.15) is 0 Å². The van der Waals surface area contributed by atoms with Crippen LogP contribution >= 0.6 is 0 Å². The van der Waals surface area contributed by atoms with Crippen LogP contribution in [0.1, 0.15) is 38.5 Å². The molecule has 2 N–H and O–H groups in total. The van der Waals surface area contributed by atoms with Gasteiger partial charge in [-0.3, -0.25) is 4.79 Å². The van der Waals surface area contributed by atoms with Crippen LogP contribution in [0.25, 0.3) is 0 Å². The lowest BCUT2D eigenvalue weighted by Gasteiger charge is -2.05. The summed E-state index contributed by atoms with van der Waals surface area (Å²) >= 11 is 0. The molecular weight excluding hydrogens is 188 g/mol. The molecule has 1 saturated carbocycles. The van der Waals surface area contributed by atoms with Crippen molar-refractivity contribution in [2.24, 2.45) is 0 Å². The van der Waals surface area contributed by atoms with Gasteiger partial charge in [0, 0.05) is 6.04 Å². The smallest absolute Gasteiger partial charge is 0.234 e. The summed E-state index contributed by atoms with van der Waals surface area (Å²) in [5, 5.41) is 6.11. The van der Waals surface area contributed by atoms with E-state index in [0.29, 0.717) is 12.6 Å². The van der Waals surface area contributed by atoms with Gasteiger partial charge >= 0.3 is 0 Å². The third-order valence-corrected chi connectivity index (χ3v) is 2.49. The van der Waals surface area contributed by atoms with E-state index in [0.717, 1.165) is 32.2 Å². The summed E-state index contributed by atoms with van der Waals surface area (Å²) in [6.07, 6.45) is 8.94. The van der Waals surface area contributed by atoms with Crippen LogP contribution in [0.3, 0.4) is 0 Å². The molecule has 15 heavy (non-hydrogen) atoms. The number of hydrogen-bond donors (Lipinski definition) is 2. The van der Waals surface area contributed by atoms with Crippen molar-refractivity contribution >= 4 is 5.91 Å². The largest absolute Gasteiger partial charge is 0.352 e. The number of amides is 1. The van der Waals surface area contributed by atoms with E-state index in [-0.39, 0.29) is 5.91 Å². The van der Waals surface area contributed by atoms with Crippen molar-refractivity contribution in [2.75, 3.05) is 13.1 Å². The Kier molecular flexibility index (Phi) is 6.09. The zero-order valence-corrected chi connectivity index (χ0v) is 9.43. The van der Waals surface area contributed by atoms with Gasteiger partial charge in [0.05, 0.1) is 6.54 Å². The molecule has 0 aromatic rings. The Labute approximate surface area is 92.3 Å². The van der Waals surface area contributed by atoms with Gasteiger partial charge in [-0.15, -0.1) is 6.58 Å². The van der Waals surface area contributed by atoms with Crippen LogP contribution in [-0.2, 0) is 4.79 Å². The minimum Gasteiger partial charge on any atom is -0.352 e. The molecule has 0 atom stereocenters. The Morgan fingerprint density at radius 1 is 1.33 bits per heavy atom. The third-order valence-electron chi connectivity index (χ3n) is 2.49. The average Bonchev–Trinajstić information content (AvgIpc) is 3.00. The maximum absolute atomic E-state index is 11.2. The van der Waals surface area contributed by atoms with E-state index < -0.39 is 0 Å². The number of unbranched alkanes of at least 4 members (excludes halogenated alkanes) is 3. The van der Waals surface area contributed by atoms with Crippen LogP contribution < -0.4 is 10.6 Å². The fraction of sp³-hybridized carbons (Fsp3) is 0.750. The Hall–Kier alpha value is -0.830. The summed E-state index contributed by atoms with van der Waals surface area (Å²) in [7, 11) is 0. The molecule has 0 heterocycles. The highest BCUT2D eigenvalue weighted by Crippen LogP contribution is 2.18. The van der Waals surface area contributed by atoms with E-state index in [1.165, 1.54) is 12.8 Å². The van der Waals surface area contributed by atoms with Crippen LogP contribution in [-0.4, -0.2) is 25.0 Å². The summed E-state index contributed by atoms with van der Waals surface area (Å²) < 4.78 is 0. The summed E-state index contributed by atoms with van der Waals surface area (Å²) in [5.74, 6) is 0.142. The van der Waals surface area contributed by atoms with Crippen LogP contribution in [0.5, 0.6) is 0 Å². The van der Waals surface area contributed by atoms with Gasteiger partial charge in [-0.25, -0.2) is 0 Å². The van der Waals surface area contributed by atoms with E-state index in [1.54, 1.807) is 0 Å². The molecule has 0 unspecified atom stereocenters. The summed E-state index contributed by atoms with van der Waals surface area (Å²) in [6.45, 7) is 5.09. The number of hydrogen-bond acceptors (Lipinski definition) is 2. The minimum absolute atomic E-state index is 0.142. The molecule has 1 aliphatic carbocycles. The standard InChI is InChI=1S/C12H22N2O/c1-2-3-4-5-6-9-13-10-12(15)14-11-7-8-11/h2,11,13H,1,3-10H2,(H,14,15). The van der Waals surface area contributed by atoms with Crippen molar-refractivity contribution in [3.8, 4) is 0 Å². The molecule has 0 bridgehead atoms. The van der Waals surface area contributed by atoms with E-state index in [2.05, 4.69) is 17.2 Å². The number of allylic oxidation sites excluding steroid dienone is 1. The SMILES string of the molecule is C=CCCCCCNCC(=O)NC1CC1. The van der Waals surface area contributed by atoms with Gasteiger partial charge in [0.15, 0.2) is 0 Å². The van der Waals surface area contributed by atoms with Crippen LogP contribution in [0.2, 0.25) is 0 Å². The quantitative estimate of drug-likeness (QED) is 0.448. The maximum Gasteiger partial charge on any atom is 0.234 e. The first-order valence-corrected chi connectivity index (χ1v) is 5.94. The Balaban J connectivity index is 1.79. The molecule has 1 amide bonds. The van der Waals surface area contributed by atoms with Crippen LogP contribution in [0, 0.1) is 0 Å². The number of carbonyl (C=O) groups excluding carboxylic acids is 1. The molecule has 3 nitrogen and oxygen atoms in total. The normalized spacial score (nSPS) is 14.9. The molecule has 1 rings (SSSR count). The first-order valence-electron chi connectivity index (χ1n) is 5.94. The lowest BCUT2D eigenvalue weighted by Crippen LogP contribution is -2.35. The highest BCUT2D eigenvalue weighted by molar-refractivity contribution is 5.78. The molecule has 0 saturated heterocycles. The van der Waals surface area contributed by atoms with Gasteiger partial charge in [-0.05, 0) is 38.6 Å². The Morgan fingerprint density at radius 2 is 2.13 bits per heavy atom. The first-order chi connectivity index (χ1) is 7.33. The Morgan fingerprint density at radius 3 is 2.80 bits per heavy atom. The zero-order chi connectivity index (χ0) is 10.9. The van der Waals surface area contributed by atoms with Crippen molar-refractivity contribution in [3.05, 3.63) is 12.7 Å². The van der Waals surface area contributed by atoms with Gasteiger partial charge < -0.3 is 10.6 Å². The second kappa shape index (κ2) is 7.46. The predicted octanol–water partition coefficient (Wildman–Crippen LogP) is 1.60. The highest BCUT2D eigenvalue weighted by Gasteiger charge is 2.22. The molecule has 1 aliphatic rings.